The molecule has 0 radical (unpaired) electrons. The summed E-state index contributed by atoms with van der Waals surface area (Å²) in [6.45, 7) is -0.225. The van der Waals surface area contributed by atoms with E-state index in [1.54, 1.807) is 54.6 Å². The van der Waals surface area contributed by atoms with Gasteiger partial charge in [-0.05, 0) is 24.0 Å². The highest BCUT2D eigenvalue weighted by molar-refractivity contribution is 5.90. The molecule has 170 valence electrons. The number of carboxylic acid groups (broad SMARTS) is 2. The molecule has 6 N–H and O–H groups in total. The minimum atomic E-state index is -1.55. The zero-order chi connectivity index (χ0) is 23.7. The van der Waals surface area contributed by atoms with Gasteiger partial charge >= 0.3 is 11.9 Å². The molecule has 9 nitrogen and oxygen atoms in total. The molecule has 0 aromatic heterocycles. The van der Waals surface area contributed by atoms with Gasteiger partial charge in [0.25, 0.3) is 0 Å². The minimum absolute atomic E-state index is 0.0638. The van der Waals surface area contributed by atoms with Crippen molar-refractivity contribution >= 4 is 23.8 Å². The molecule has 9 heteroatoms. The molecule has 2 aromatic rings. The lowest BCUT2D eigenvalue weighted by Crippen LogP contribution is -2.53. The van der Waals surface area contributed by atoms with Crippen molar-refractivity contribution in [2.24, 2.45) is 11.5 Å². The third-order valence-electron chi connectivity index (χ3n) is 5.11. The molecule has 0 aliphatic heterocycles. The number of carboxylic acids is 2. The molecule has 0 spiro atoms. The first kappa shape index (κ1) is 24.5. The summed E-state index contributed by atoms with van der Waals surface area (Å²) in [6.07, 6.45) is -0.520. The van der Waals surface area contributed by atoms with Crippen molar-refractivity contribution in [2.45, 2.75) is 37.3 Å². The molecule has 3 atom stereocenters. The number of rotatable bonds is 12. The van der Waals surface area contributed by atoms with Crippen LogP contribution in [0.1, 0.15) is 29.9 Å². The van der Waals surface area contributed by atoms with Gasteiger partial charge in [-0.3, -0.25) is 14.4 Å². The molecule has 0 aliphatic carbocycles. The second-order valence-corrected chi connectivity index (χ2v) is 7.44. The first-order chi connectivity index (χ1) is 15.2. The molecule has 0 saturated heterocycles. The van der Waals surface area contributed by atoms with Crippen LogP contribution in [-0.4, -0.2) is 57.5 Å². The SMILES string of the molecule is NC(=O)C[C@@H](C(=O)O)N(CC[C@H](C(=O)O)c1ccccc1)C(=O)[C@@H](N)Cc1ccccc1. The first-order valence-corrected chi connectivity index (χ1v) is 10.1. The molecule has 0 fully saturated rings. The van der Waals surface area contributed by atoms with Gasteiger partial charge in [0, 0.05) is 6.54 Å². The van der Waals surface area contributed by atoms with Crippen molar-refractivity contribution < 1.29 is 29.4 Å². The Balaban J connectivity index is 2.28. The monoisotopic (exact) mass is 441 g/mol. The standard InChI is InChI=1S/C23H27N3O6/c24-18(13-15-7-3-1-4-8-15)21(28)26(19(23(31)32)14-20(25)27)12-11-17(22(29)30)16-9-5-2-6-10-16/h1-10,17-19H,11-14,24H2,(H2,25,27)(H,29,30)(H,31,32)/t17-,18-,19-/m0/s1. The molecule has 2 rings (SSSR count). The lowest BCUT2D eigenvalue weighted by Gasteiger charge is -2.31. The molecular weight excluding hydrogens is 414 g/mol. The number of nitrogens with zero attached hydrogens (tertiary/aromatic N) is 1. The molecule has 0 bridgehead atoms. The van der Waals surface area contributed by atoms with Crippen molar-refractivity contribution in [1.82, 2.24) is 4.90 Å². The normalized spacial score (nSPS) is 13.5. The van der Waals surface area contributed by atoms with Crippen LogP contribution in [0.25, 0.3) is 0 Å². The molecule has 0 unspecified atom stereocenters. The maximum absolute atomic E-state index is 13.1. The van der Waals surface area contributed by atoms with E-state index in [0.29, 0.717) is 5.56 Å². The Labute approximate surface area is 185 Å². The molecular formula is C23H27N3O6. The predicted octanol–water partition coefficient (Wildman–Crippen LogP) is 0.972. The molecule has 0 aliphatic rings. The van der Waals surface area contributed by atoms with Crippen LogP contribution < -0.4 is 11.5 Å². The van der Waals surface area contributed by atoms with Gasteiger partial charge in [-0.2, -0.15) is 0 Å². The second-order valence-electron chi connectivity index (χ2n) is 7.44. The maximum Gasteiger partial charge on any atom is 0.326 e. The summed E-state index contributed by atoms with van der Waals surface area (Å²) in [6, 6.07) is 14.7. The Bertz CT molecular complexity index is 935. The van der Waals surface area contributed by atoms with Crippen molar-refractivity contribution in [1.29, 1.82) is 0 Å². The van der Waals surface area contributed by atoms with E-state index in [4.69, 9.17) is 11.5 Å². The summed E-state index contributed by atoms with van der Waals surface area (Å²) in [7, 11) is 0. The van der Waals surface area contributed by atoms with E-state index in [-0.39, 0.29) is 19.4 Å². The van der Waals surface area contributed by atoms with E-state index in [2.05, 4.69) is 0 Å². The van der Waals surface area contributed by atoms with Gasteiger partial charge in [0.15, 0.2) is 0 Å². The van der Waals surface area contributed by atoms with E-state index < -0.39 is 48.2 Å². The molecule has 2 amide bonds. The quantitative estimate of drug-likeness (QED) is 0.381. The van der Waals surface area contributed by atoms with Crippen LogP contribution in [0.2, 0.25) is 0 Å². The summed E-state index contributed by atoms with van der Waals surface area (Å²) in [5.41, 5.74) is 12.6. The van der Waals surface area contributed by atoms with Crippen LogP contribution in [0.4, 0.5) is 0 Å². The number of hydrogen-bond acceptors (Lipinski definition) is 5. The fourth-order valence-electron chi connectivity index (χ4n) is 3.50. The van der Waals surface area contributed by atoms with Crippen LogP contribution in [-0.2, 0) is 25.6 Å². The first-order valence-electron chi connectivity index (χ1n) is 10.1. The Morgan fingerprint density at radius 2 is 1.44 bits per heavy atom. The number of carbonyl (C=O) groups excluding carboxylic acids is 2. The van der Waals surface area contributed by atoms with Crippen molar-refractivity contribution in [3.8, 4) is 0 Å². The van der Waals surface area contributed by atoms with E-state index in [0.717, 1.165) is 10.5 Å². The summed E-state index contributed by atoms with van der Waals surface area (Å²) >= 11 is 0. The molecule has 32 heavy (non-hydrogen) atoms. The number of benzene rings is 2. The van der Waals surface area contributed by atoms with E-state index in [9.17, 15) is 29.4 Å². The zero-order valence-corrected chi connectivity index (χ0v) is 17.5. The van der Waals surface area contributed by atoms with Crippen LogP contribution in [0.15, 0.2) is 60.7 Å². The van der Waals surface area contributed by atoms with Gasteiger partial charge in [-0.25, -0.2) is 4.79 Å². The number of carbonyl (C=O) groups is 4. The fourth-order valence-corrected chi connectivity index (χ4v) is 3.50. The van der Waals surface area contributed by atoms with E-state index >= 15 is 0 Å². The average Bonchev–Trinajstić information content (AvgIpc) is 2.76. The summed E-state index contributed by atoms with van der Waals surface area (Å²) in [4.78, 5) is 49.2. The molecule has 2 aromatic carbocycles. The largest absolute Gasteiger partial charge is 0.481 e. The number of primary amides is 1. The van der Waals surface area contributed by atoms with Gasteiger partial charge in [-0.15, -0.1) is 0 Å². The highest BCUT2D eigenvalue weighted by atomic mass is 16.4. The van der Waals surface area contributed by atoms with Crippen LogP contribution >= 0.6 is 0 Å². The van der Waals surface area contributed by atoms with Crippen LogP contribution in [0.3, 0.4) is 0 Å². The summed E-state index contributed by atoms with van der Waals surface area (Å²) in [5.74, 6) is -5.10. The van der Waals surface area contributed by atoms with Crippen molar-refractivity contribution in [3.05, 3.63) is 71.8 Å². The van der Waals surface area contributed by atoms with Crippen molar-refractivity contribution in [2.75, 3.05) is 6.54 Å². The summed E-state index contributed by atoms with van der Waals surface area (Å²) < 4.78 is 0. The number of aliphatic carboxylic acids is 2. The van der Waals surface area contributed by atoms with E-state index in [1.165, 1.54) is 0 Å². The maximum atomic E-state index is 13.1. The van der Waals surface area contributed by atoms with Gasteiger partial charge in [0.2, 0.25) is 11.8 Å². The Hall–Kier alpha value is -3.72. The number of amides is 2. The third-order valence-corrected chi connectivity index (χ3v) is 5.11. The smallest absolute Gasteiger partial charge is 0.326 e. The average molecular weight is 441 g/mol. The van der Waals surface area contributed by atoms with Crippen molar-refractivity contribution in [3.63, 3.8) is 0 Å². The Kier molecular flexibility index (Phi) is 8.91. The highest BCUT2D eigenvalue weighted by Crippen LogP contribution is 2.22. The predicted molar refractivity (Wildman–Crippen MR) is 117 cm³/mol. The lowest BCUT2D eigenvalue weighted by atomic mass is 9.95. The second kappa shape index (κ2) is 11.6. The third kappa shape index (κ3) is 6.92. The van der Waals surface area contributed by atoms with E-state index in [1.807, 2.05) is 6.07 Å². The lowest BCUT2D eigenvalue weighted by molar-refractivity contribution is -0.152. The highest BCUT2D eigenvalue weighted by Gasteiger charge is 2.34. The Morgan fingerprint density at radius 3 is 1.94 bits per heavy atom. The summed E-state index contributed by atoms with van der Waals surface area (Å²) in [5, 5.41) is 19.3. The fraction of sp³-hybridized carbons (Fsp3) is 0.304. The molecule has 0 heterocycles. The van der Waals surface area contributed by atoms with Gasteiger partial charge < -0.3 is 26.6 Å². The number of nitrogens with two attached hydrogens (primary N) is 2. The molecule has 0 saturated carbocycles. The number of hydrogen-bond donors (Lipinski definition) is 4. The van der Waals surface area contributed by atoms with Gasteiger partial charge in [-0.1, -0.05) is 60.7 Å². The minimum Gasteiger partial charge on any atom is -0.481 e. The van der Waals surface area contributed by atoms with Gasteiger partial charge in [0.1, 0.15) is 6.04 Å². The van der Waals surface area contributed by atoms with Crippen LogP contribution in [0, 0.1) is 0 Å². The van der Waals surface area contributed by atoms with Crippen LogP contribution in [0.5, 0.6) is 0 Å². The zero-order valence-electron chi connectivity index (χ0n) is 17.5. The van der Waals surface area contributed by atoms with Gasteiger partial charge in [0.05, 0.1) is 18.4 Å². The Morgan fingerprint density at radius 1 is 0.875 bits per heavy atom. The topological polar surface area (TPSA) is 164 Å².